The third-order valence-electron chi connectivity index (χ3n) is 3.61. The lowest BCUT2D eigenvalue weighted by Gasteiger charge is -2.09. The Morgan fingerprint density at radius 2 is 1.72 bits per heavy atom. The lowest BCUT2D eigenvalue weighted by Crippen LogP contribution is -2.10. The van der Waals surface area contributed by atoms with Crippen LogP contribution >= 0.6 is 0 Å². The van der Waals surface area contributed by atoms with Gasteiger partial charge in [-0.1, -0.05) is 34.6 Å². The van der Waals surface area contributed by atoms with Crippen molar-refractivity contribution in [3.63, 3.8) is 0 Å². The fourth-order valence-corrected chi connectivity index (χ4v) is 2.28. The Labute approximate surface area is 147 Å². The van der Waals surface area contributed by atoms with Crippen molar-refractivity contribution in [1.29, 1.82) is 0 Å². The van der Waals surface area contributed by atoms with E-state index in [0.29, 0.717) is 5.71 Å². The van der Waals surface area contributed by atoms with Gasteiger partial charge in [0.2, 0.25) is 0 Å². The number of benzene rings is 2. The summed E-state index contributed by atoms with van der Waals surface area (Å²) in [6.45, 7) is 1.91. The number of hydrogen-bond donors (Lipinski definition) is 1. The van der Waals surface area contributed by atoms with Crippen molar-refractivity contribution in [2.45, 2.75) is 13.5 Å². The van der Waals surface area contributed by atoms with E-state index in [0.717, 1.165) is 28.2 Å². The maximum absolute atomic E-state index is 9.45. The molecule has 1 N–H and O–H groups in total. The number of rotatable bonds is 8. The molecule has 132 valence electrons. The van der Waals surface area contributed by atoms with Gasteiger partial charge in [0.15, 0.2) is 0 Å². The molecule has 0 unspecified atom stereocenters. The highest BCUT2D eigenvalue weighted by molar-refractivity contribution is 6.02. The topological polar surface area (TPSA) is 72.6 Å². The van der Waals surface area contributed by atoms with Gasteiger partial charge in [-0.3, -0.25) is 0 Å². The van der Waals surface area contributed by atoms with E-state index in [1.165, 1.54) is 7.11 Å². The lowest BCUT2D eigenvalue weighted by atomic mass is 10.0. The molecule has 2 aromatic carbocycles. The highest BCUT2D eigenvalue weighted by Gasteiger charge is 2.09. The molecule has 0 amide bonds. The van der Waals surface area contributed by atoms with E-state index in [4.69, 9.17) is 14.4 Å². The molecule has 6 heteroatoms. The quantitative estimate of drug-likeness (QED) is 0.591. The summed E-state index contributed by atoms with van der Waals surface area (Å²) in [5, 5.41) is 17.5. The summed E-state index contributed by atoms with van der Waals surface area (Å²) in [5.74, 6) is 0.792. The molecule has 0 saturated carbocycles. The first-order valence-electron chi connectivity index (χ1n) is 7.79. The van der Waals surface area contributed by atoms with E-state index in [2.05, 4.69) is 10.3 Å². The zero-order valence-corrected chi connectivity index (χ0v) is 14.6. The molecule has 0 atom stereocenters. The van der Waals surface area contributed by atoms with Crippen LogP contribution < -0.4 is 4.74 Å². The van der Waals surface area contributed by atoms with Gasteiger partial charge >= 0.3 is 0 Å². The minimum absolute atomic E-state index is 0.223. The molecule has 0 spiro atoms. The molecule has 2 rings (SSSR count). The second-order valence-corrected chi connectivity index (χ2v) is 5.21. The number of oxime groups is 2. The maximum atomic E-state index is 9.45. The minimum Gasteiger partial charge on any atom is -0.497 e. The smallest absolute Gasteiger partial charge is 0.142 e. The van der Waals surface area contributed by atoms with Crippen LogP contribution in [0.2, 0.25) is 0 Å². The number of hydrogen-bond acceptors (Lipinski definition) is 6. The summed E-state index contributed by atoms with van der Waals surface area (Å²) in [6.07, 6.45) is 0. The van der Waals surface area contributed by atoms with Crippen LogP contribution in [0, 0.1) is 0 Å². The van der Waals surface area contributed by atoms with Gasteiger partial charge in [-0.15, -0.1) is 0 Å². The van der Waals surface area contributed by atoms with Crippen LogP contribution in [0.1, 0.15) is 23.6 Å². The summed E-state index contributed by atoms with van der Waals surface area (Å²) in [5.41, 5.74) is 3.78. The zero-order chi connectivity index (χ0) is 18.1. The van der Waals surface area contributed by atoms with Crippen molar-refractivity contribution in [2.24, 2.45) is 10.3 Å². The molecule has 6 nitrogen and oxygen atoms in total. The average molecular weight is 342 g/mol. The van der Waals surface area contributed by atoms with Crippen LogP contribution in [0.4, 0.5) is 0 Å². The highest BCUT2D eigenvalue weighted by Crippen LogP contribution is 2.14. The van der Waals surface area contributed by atoms with Crippen molar-refractivity contribution in [3.05, 3.63) is 65.2 Å². The third kappa shape index (κ3) is 5.06. The van der Waals surface area contributed by atoms with Crippen molar-refractivity contribution in [2.75, 3.05) is 20.8 Å². The zero-order valence-electron chi connectivity index (χ0n) is 14.6. The summed E-state index contributed by atoms with van der Waals surface area (Å²) >= 11 is 0. The Kier molecular flexibility index (Phi) is 6.98. The number of methoxy groups -OCH3 is 1. The van der Waals surface area contributed by atoms with Gasteiger partial charge in [0.05, 0.1) is 19.4 Å². The summed E-state index contributed by atoms with van der Waals surface area (Å²) in [7, 11) is 3.07. The number of ether oxygens (including phenoxy) is 1. The first kappa shape index (κ1) is 18.5. The Morgan fingerprint density at radius 1 is 1.00 bits per heavy atom. The van der Waals surface area contributed by atoms with E-state index < -0.39 is 0 Å². The molecule has 0 bridgehead atoms. The summed E-state index contributed by atoms with van der Waals surface area (Å²) in [6, 6.07) is 15.1. The van der Waals surface area contributed by atoms with Crippen molar-refractivity contribution in [3.8, 4) is 5.75 Å². The third-order valence-corrected chi connectivity index (χ3v) is 3.61. The van der Waals surface area contributed by atoms with Gasteiger partial charge in [-0.05, 0) is 36.8 Å². The van der Waals surface area contributed by atoms with Crippen LogP contribution in [0.3, 0.4) is 0 Å². The predicted octanol–water partition coefficient (Wildman–Crippen LogP) is 2.98. The van der Waals surface area contributed by atoms with Crippen molar-refractivity contribution in [1.82, 2.24) is 0 Å². The molecule has 25 heavy (non-hydrogen) atoms. The molecule has 0 aliphatic rings. The molecule has 0 aliphatic heterocycles. The standard InChI is InChI=1S/C19H22N2O4/c1-14(15-8-10-17(23-2)11-9-15)20-25-13-16-6-4-5-7-18(16)19(12-22)21-24-3/h4-11,22H,12-13H2,1-3H3. The molecular weight excluding hydrogens is 320 g/mol. The maximum Gasteiger partial charge on any atom is 0.142 e. The Morgan fingerprint density at radius 3 is 2.36 bits per heavy atom. The first-order chi connectivity index (χ1) is 12.2. The second kappa shape index (κ2) is 9.44. The number of aliphatic hydroxyl groups is 1. The van der Waals surface area contributed by atoms with E-state index in [-0.39, 0.29) is 13.2 Å². The van der Waals surface area contributed by atoms with Gasteiger partial charge in [0.1, 0.15) is 25.2 Å². The van der Waals surface area contributed by atoms with Gasteiger partial charge in [0, 0.05) is 11.1 Å². The van der Waals surface area contributed by atoms with Crippen molar-refractivity contribution >= 4 is 11.4 Å². The summed E-state index contributed by atoms with van der Waals surface area (Å²) < 4.78 is 5.14. The Balaban J connectivity index is 2.09. The largest absolute Gasteiger partial charge is 0.497 e. The van der Waals surface area contributed by atoms with E-state index in [1.54, 1.807) is 7.11 Å². The fourth-order valence-electron chi connectivity index (χ4n) is 2.28. The predicted molar refractivity (Wildman–Crippen MR) is 97.1 cm³/mol. The van der Waals surface area contributed by atoms with Gasteiger partial charge in [-0.2, -0.15) is 0 Å². The first-order valence-corrected chi connectivity index (χ1v) is 7.79. The van der Waals surface area contributed by atoms with Crippen LogP contribution in [0.5, 0.6) is 5.75 Å². The molecule has 0 aliphatic carbocycles. The normalized spacial score (nSPS) is 12.0. The van der Waals surface area contributed by atoms with Crippen molar-refractivity contribution < 1.29 is 19.5 Å². The number of nitrogens with zero attached hydrogens (tertiary/aromatic N) is 2. The van der Waals surface area contributed by atoms with Gasteiger partial charge in [-0.25, -0.2) is 0 Å². The molecular formula is C19H22N2O4. The Hall–Kier alpha value is -2.86. The van der Waals surface area contributed by atoms with E-state index in [9.17, 15) is 5.11 Å². The highest BCUT2D eigenvalue weighted by atomic mass is 16.6. The fraction of sp³-hybridized carbons (Fsp3) is 0.263. The lowest BCUT2D eigenvalue weighted by molar-refractivity contribution is 0.130. The van der Waals surface area contributed by atoms with Gasteiger partial charge in [0.25, 0.3) is 0 Å². The minimum atomic E-state index is -0.223. The molecule has 0 radical (unpaired) electrons. The summed E-state index contributed by atoms with van der Waals surface area (Å²) in [4.78, 5) is 10.3. The Bertz CT molecular complexity index is 739. The molecule has 0 fully saturated rings. The molecule has 2 aromatic rings. The van der Waals surface area contributed by atoms with Crippen LogP contribution in [-0.2, 0) is 16.3 Å². The SMILES string of the molecule is CON=C(CO)c1ccccc1CON=C(C)c1ccc(OC)cc1. The monoisotopic (exact) mass is 342 g/mol. The molecule has 0 heterocycles. The van der Waals surface area contributed by atoms with E-state index in [1.807, 2.05) is 55.5 Å². The van der Waals surface area contributed by atoms with E-state index >= 15 is 0 Å². The second-order valence-electron chi connectivity index (χ2n) is 5.21. The van der Waals surface area contributed by atoms with Gasteiger partial charge < -0.3 is 19.5 Å². The van der Waals surface area contributed by atoms with Crippen LogP contribution in [-0.4, -0.2) is 37.4 Å². The molecule has 0 aromatic heterocycles. The average Bonchev–Trinajstić information content (AvgIpc) is 2.66. The van der Waals surface area contributed by atoms with Crippen LogP contribution in [0.25, 0.3) is 0 Å². The molecule has 0 saturated heterocycles. The number of aliphatic hydroxyl groups excluding tert-OH is 1. The van der Waals surface area contributed by atoms with Crippen LogP contribution in [0.15, 0.2) is 58.8 Å².